The molecule has 0 fully saturated rings. The molecule has 0 saturated heterocycles. The van der Waals surface area contributed by atoms with Gasteiger partial charge in [0.2, 0.25) is 0 Å². The lowest BCUT2D eigenvalue weighted by Crippen LogP contribution is -2.31. The van der Waals surface area contributed by atoms with Crippen molar-refractivity contribution < 1.29 is 42.3 Å². The topological polar surface area (TPSA) is 125 Å². The molecule has 0 amide bonds. The Balaban J connectivity index is 1.01. The molecule has 2 aliphatic rings. The fourth-order valence-electron chi connectivity index (χ4n) is 5.78. The van der Waals surface area contributed by atoms with Crippen LogP contribution in [-0.2, 0) is 28.2 Å². The zero-order valence-corrected chi connectivity index (χ0v) is 27.2. The Bertz CT molecular complexity index is 1750. The standard InChI is InChI=1S/C35H34O9P2/c1-23(21-45(39)32-17-9-5-13-28(32)26-11-3-7-15-30(26)43-45)34(37)41-19-25(36)20-42-35(38)24(2)22-46(40)33-18-10-6-14-29(33)27-12-4-8-16-31(27)44-46/h3-18,23-25,36H,19-22H2,1-2H3. The van der Waals surface area contributed by atoms with Crippen LogP contribution in [-0.4, -0.2) is 48.7 Å². The number of ether oxygens (including phenoxy) is 2. The second-order valence-electron chi connectivity index (χ2n) is 11.6. The summed E-state index contributed by atoms with van der Waals surface area (Å²) in [5.41, 5.74) is 3.27. The van der Waals surface area contributed by atoms with Gasteiger partial charge in [0.1, 0.15) is 30.8 Å². The number of carbonyl (C=O) groups is 2. The van der Waals surface area contributed by atoms with Gasteiger partial charge in [-0.3, -0.25) is 18.7 Å². The van der Waals surface area contributed by atoms with Crippen molar-refractivity contribution in [2.75, 3.05) is 25.5 Å². The van der Waals surface area contributed by atoms with Gasteiger partial charge in [-0.1, -0.05) is 86.6 Å². The van der Waals surface area contributed by atoms with Crippen molar-refractivity contribution in [3.63, 3.8) is 0 Å². The molecular formula is C35H34O9P2. The summed E-state index contributed by atoms with van der Waals surface area (Å²) in [4.78, 5) is 25.7. The van der Waals surface area contributed by atoms with Crippen LogP contribution in [0.5, 0.6) is 11.5 Å². The first kappa shape index (κ1) is 31.8. The first-order valence-corrected chi connectivity index (χ1v) is 18.7. The van der Waals surface area contributed by atoms with Crippen molar-refractivity contribution >= 4 is 37.3 Å². The van der Waals surface area contributed by atoms with E-state index in [1.807, 2.05) is 48.5 Å². The van der Waals surface area contributed by atoms with Gasteiger partial charge in [0.15, 0.2) is 0 Å². The molecule has 0 aliphatic carbocycles. The molecule has 1 N–H and O–H groups in total. The fourth-order valence-corrected chi connectivity index (χ4v) is 11.0. The molecule has 4 atom stereocenters. The van der Waals surface area contributed by atoms with E-state index in [1.165, 1.54) is 0 Å². The molecule has 0 aromatic heterocycles. The van der Waals surface area contributed by atoms with Gasteiger partial charge in [-0.2, -0.15) is 0 Å². The molecule has 11 heteroatoms. The third-order valence-corrected chi connectivity index (χ3v) is 13.3. The summed E-state index contributed by atoms with van der Waals surface area (Å²) >= 11 is 0. The number of carbonyl (C=O) groups excluding carboxylic acids is 2. The van der Waals surface area contributed by atoms with E-state index in [2.05, 4.69) is 0 Å². The number of rotatable bonds is 10. The quantitative estimate of drug-likeness (QED) is 0.160. The molecule has 46 heavy (non-hydrogen) atoms. The van der Waals surface area contributed by atoms with Crippen LogP contribution in [0.2, 0.25) is 0 Å². The predicted octanol–water partition coefficient (Wildman–Crippen LogP) is 6.03. The number of hydrogen-bond acceptors (Lipinski definition) is 9. The summed E-state index contributed by atoms with van der Waals surface area (Å²) in [5, 5.41) is 11.5. The first-order valence-electron chi connectivity index (χ1n) is 15.0. The maximum Gasteiger partial charge on any atom is 0.309 e. The van der Waals surface area contributed by atoms with Crippen LogP contribution in [0.1, 0.15) is 13.8 Å². The SMILES string of the molecule is CC(CP1(=O)Oc2ccccc2-c2ccccc21)C(=O)OCC(O)COC(=O)C(C)CP1(=O)Oc2ccccc2-c2ccccc21. The summed E-state index contributed by atoms with van der Waals surface area (Å²) in [6.45, 7) is 2.32. The zero-order valence-electron chi connectivity index (χ0n) is 25.4. The van der Waals surface area contributed by atoms with Crippen LogP contribution >= 0.6 is 14.7 Å². The lowest BCUT2D eigenvalue weighted by atomic mass is 10.0. The van der Waals surface area contributed by atoms with E-state index in [4.69, 9.17) is 18.5 Å². The highest BCUT2D eigenvalue weighted by Crippen LogP contribution is 2.56. The van der Waals surface area contributed by atoms with E-state index in [0.717, 1.165) is 22.3 Å². The minimum atomic E-state index is -3.46. The molecule has 4 aromatic rings. The van der Waals surface area contributed by atoms with Gasteiger partial charge < -0.3 is 23.6 Å². The number of para-hydroxylation sites is 2. The smallest absolute Gasteiger partial charge is 0.309 e. The summed E-state index contributed by atoms with van der Waals surface area (Å²) in [6, 6.07) is 29.2. The van der Waals surface area contributed by atoms with Crippen molar-refractivity contribution in [2.45, 2.75) is 20.0 Å². The Labute approximate surface area is 267 Å². The van der Waals surface area contributed by atoms with Crippen LogP contribution in [0.4, 0.5) is 0 Å². The second kappa shape index (κ2) is 12.9. The molecule has 0 saturated carbocycles. The van der Waals surface area contributed by atoms with Crippen molar-refractivity contribution in [1.82, 2.24) is 0 Å². The molecule has 0 spiro atoms. The molecule has 238 valence electrons. The van der Waals surface area contributed by atoms with Crippen LogP contribution in [0, 0.1) is 11.8 Å². The third kappa shape index (κ3) is 6.28. The molecule has 9 nitrogen and oxygen atoms in total. The molecule has 0 bridgehead atoms. The van der Waals surface area contributed by atoms with E-state index in [-0.39, 0.29) is 12.3 Å². The van der Waals surface area contributed by atoms with E-state index < -0.39 is 57.8 Å². The normalized spacial score (nSPS) is 21.0. The van der Waals surface area contributed by atoms with Crippen molar-refractivity contribution in [2.24, 2.45) is 11.8 Å². The molecule has 2 aliphatic heterocycles. The van der Waals surface area contributed by atoms with Crippen LogP contribution in [0.3, 0.4) is 0 Å². The number of hydrogen-bond donors (Lipinski definition) is 1. The summed E-state index contributed by atoms with van der Waals surface area (Å²) < 4.78 is 50.6. The van der Waals surface area contributed by atoms with Gasteiger partial charge in [0.25, 0.3) is 14.7 Å². The molecule has 2 heterocycles. The molecule has 4 aromatic carbocycles. The Morgan fingerprint density at radius 1 is 0.609 bits per heavy atom. The zero-order chi connectivity index (χ0) is 32.5. The Morgan fingerprint density at radius 3 is 1.37 bits per heavy atom. The Morgan fingerprint density at radius 2 is 0.957 bits per heavy atom. The predicted molar refractivity (Wildman–Crippen MR) is 175 cm³/mol. The molecular weight excluding hydrogens is 626 g/mol. The first-order chi connectivity index (χ1) is 22.1. The molecule has 4 unspecified atom stereocenters. The number of fused-ring (bicyclic) bond motifs is 6. The van der Waals surface area contributed by atoms with Gasteiger partial charge in [-0.15, -0.1) is 0 Å². The maximum atomic E-state index is 14.0. The van der Waals surface area contributed by atoms with Crippen LogP contribution in [0.15, 0.2) is 97.1 Å². The Kier molecular flexibility index (Phi) is 8.93. The van der Waals surface area contributed by atoms with Gasteiger partial charge in [0, 0.05) is 11.1 Å². The van der Waals surface area contributed by atoms with Gasteiger partial charge in [0.05, 0.1) is 34.8 Å². The van der Waals surface area contributed by atoms with E-state index >= 15 is 0 Å². The van der Waals surface area contributed by atoms with Gasteiger partial charge >= 0.3 is 11.9 Å². The van der Waals surface area contributed by atoms with E-state index in [9.17, 15) is 23.8 Å². The molecule has 6 rings (SSSR count). The van der Waals surface area contributed by atoms with Crippen molar-refractivity contribution in [3.05, 3.63) is 97.1 Å². The summed E-state index contributed by atoms with van der Waals surface area (Å²) in [7, 11) is -6.91. The maximum absolute atomic E-state index is 14.0. The van der Waals surface area contributed by atoms with E-state index in [1.54, 1.807) is 62.4 Å². The van der Waals surface area contributed by atoms with Crippen molar-refractivity contribution in [3.8, 4) is 33.8 Å². The van der Waals surface area contributed by atoms with Gasteiger partial charge in [-0.25, -0.2) is 0 Å². The minimum absolute atomic E-state index is 0.0878. The lowest BCUT2D eigenvalue weighted by Gasteiger charge is -2.30. The van der Waals surface area contributed by atoms with Crippen LogP contribution in [0.25, 0.3) is 22.3 Å². The number of benzene rings is 4. The largest absolute Gasteiger partial charge is 0.463 e. The highest BCUT2D eigenvalue weighted by atomic mass is 31.2. The number of aliphatic hydroxyl groups excluding tert-OH is 1. The number of esters is 2. The van der Waals surface area contributed by atoms with E-state index in [0.29, 0.717) is 22.1 Å². The fraction of sp³-hybridized carbons (Fsp3) is 0.257. The van der Waals surface area contributed by atoms with Gasteiger partial charge in [-0.05, 0) is 35.4 Å². The number of aliphatic hydroxyl groups is 1. The molecule has 0 radical (unpaired) electrons. The average molecular weight is 661 g/mol. The van der Waals surface area contributed by atoms with Crippen LogP contribution < -0.4 is 19.7 Å². The second-order valence-corrected chi connectivity index (χ2v) is 16.4. The highest BCUT2D eigenvalue weighted by Gasteiger charge is 2.40. The lowest BCUT2D eigenvalue weighted by molar-refractivity contribution is -0.156. The Hall–Kier alpha value is -4.16. The average Bonchev–Trinajstić information content (AvgIpc) is 3.06. The summed E-state index contributed by atoms with van der Waals surface area (Å²) in [6.07, 6.45) is -1.47. The van der Waals surface area contributed by atoms with Crippen molar-refractivity contribution in [1.29, 1.82) is 0 Å². The highest BCUT2D eigenvalue weighted by molar-refractivity contribution is 7.68. The third-order valence-electron chi connectivity index (χ3n) is 8.06. The summed E-state index contributed by atoms with van der Waals surface area (Å²) in [5.74, 6) is -1.96. The monoisotopic (exact) mass is 660 g/mol. The minimum Gasteiger partial charge on any atom is -0.463 e.